The molecule has 0 aliphatic rings. The Labute approximate surface area is 165 Å². The third-order valence-corrected chi connectivity index (χ3v) is 4.58. The molecule has 146 valence electrons. The van der Waals surface area contributed by atoms with Crippen LogP contribution >= 0.6 is 0 Å². The molecule has 6 nitrogen and oxygen atoms in total. The fraction of sp³-hybridized carbons (Fsp3) is 0.364. The summed E-state index contributed by atoms with van der Waals surface area (Å²) in [7, 11) is 0. The van der Waals surface area contributed by atoms with Crippen molar-refractivity contribution in [1.82, 2.24) is 10.5 Å². The van der Waals surface area contributed by atoms with Gasteiger partial charge in [0.1, 0.15) is 5.41 Å². The summed E-state index contributed by atoms with van der Waals surface area (Å²) in [5.74, 6) is -0.786. The maximum Gasteiger partial charge on any atom is 0.331 e. The summed E-state index contributed by atoms with van der Waals surface area (Å²) in [4.78, 5) is 31.8. The second-order valence-corrected chi connectivity index (χ2v) is 6.51. The summed E-state index contributed by atoms with van der Waals surface area (Å²) in [5.41, 5.74) is 2.98. The number of nitrogens with one attached hydrogen (secondary N) is 1. The first-order valence-electron chi connectivity index (χ1n) is 9.49. The van der Waals surface area contributed by atoms with E-state index in [1.165, 1.54) is 0 Å². The number of carbonyl (C=O) groups excluding carboxylic acids is 2. The van der Waals surface area contributed by atoms with Crippen LogP contribution in [0.1, 0.15) is 56.7 Å². The van der Waals surface area contributed by atoms with Crippen molar-refractivity contribution < 1.29 is 14.4 Å². The zero-order valence-electron chi connectivity index (χ0n) is 16.1. The lowest BCUT2D eigenvalue weighted by atomic mass is 9.74. The number of nitrogens with zero attached hydrogens (tertiary/aromatic N) is 2. The SMILES string of the molecule is CCC(=O)ONC(=O)CCCCCC(C#N)(c1ccccc1)c1ccccn1. The number of amides is 1. The summed E-state index contributed by atoms with van der Waals surface area (Å²) in [6.45, 7) is 1.66. The molecule has 1 amide bonds. The minimum Gasteiger partial charge on any atom is -0.341 e. The highest BCUT2D eigenvalue weighted by Crippen LogP contribution is 2.35. The largest absolute Gasteiger partial charge is 0.341 e. The average molecular weight is 379 g/mol. The van der Waals surface area contributed by atoms with E-state index < -0.39 is 11.4 Å². The van der Waals surface area contributed by atoms with E-state index in [9.17, 15) is 14.9 Å². The van der Waals surface area contributed by atoms with Crippen LogP contribution in [0.2, 0.25) is 0 Å². The number of pyridine rings is 1. The predicted octanol–water partition coefficient (Wildman–Crippen LogP) is 3.83. The van der Waals surface area contributed by atoms with Gasteiger partial charge in [-0.2, -0.15) is 10.7 Å². The van der Waals surface area contributed by atoms with Gasteiger partial charge in [-0.3, -0.25) is 9.78 Å². The third kappa shape index (κ3) is 5.65. The maximum atomic E-state index is 11.7. The normalized spacial score (nSPS) is 12.4. The Kier molecular flexibility index (Phi) is 8.16. The van der Waals surface area contributed by atoms with Crippen LogP contribution in [0.25, 0.3) is 0 Å². The molecule has 1 aromatic heterocycles. The molecule has 0 saturated heterocycles. The molecule has 2 rings (SSSR count). The van der Waals surface area contributed by atoms with Crippen molar-refractivity contribution in [3.8, 4) is 6.07 Å². The minimum atomic E-state index is -0.818. The molecule has 1 heterocycles. The topological polar surface area (TPSA) is 92.1 Å². The number of hydrogen-bond acceptors (Lipinski definition) is 5. The molecule has 0 aliphatic carbocycles. The van der Waals surface area contributed by atoms with Gasteiger partial charge in [0.15, 0.2) is 0 Å². The van der Waals surface area contributed by atoms with Crippen LogP contribution in [0, 0.1) is 11.3 Å². The first-order chi connectivity index (χ1) is 13.6. The van der Waals surface area contributed by atoms with E-state index in [1.54, 1.807) is 13.1 Å². The fourth-order valence-corrected chi connectivity index (χ4v) is 3.03. The quantitative estimate of drug-likeness (QED) is 0.528. The molecule has 1 unspecified atom stereocenters. The molecule has 2 aromatic rings. The lowest BCUT2D eigenvalue weighted by molar-refractivity contribution is -0.158. The molecular formula is C22H25N3O3. The van der Waals surface area contributed by atoms with Gasteiger partial charge >= 0.3 is 5.97 Å². The second-order valence-electron chi connectivity index (χ2n) is 6.51. The van der Waals surface area contributed by atoms with Gasteiger partial charge in [-0.25, -0.2) is 4.79 Å². The lowest BCUT2D eigenvalue weighted by Gasteiger charge is -2.26. The monoisotopic (exact) mass is 379 g/mol. The van der Waals surface area contributed by atoms with Crippen LogP contribution in [0.3, 0.4) is 0 Å². The number of unbranched alkanes of at least 4 members (excludes halogenated alkanes) is 2. The minimum absolute atomic E-state index is 0.212. The van der Waals surface area contributed by atoms with Gasteiger partial charge in [0.25, 0.3) is 5.91 Å². The van der Waals surface area contributed by atoms with Gasteiger partial charge in [-0.05, 0) is 30.5 Å². The summed E-state index contributed by atoms with van der Waals surface area (Å²) < 4.78 is 0. The maximum absolute atomic E-state index is 11.7. The molecule has 28 heavy (non-hydrogen) atoms. The van der Waals surface area contributed by atoms with Gasteiger partial charge in [0, 0.05) is 19.0 Å². The highest BCUT2D eigenvalue weighted by Gasteiger charge is 2.35. The molecule has 0 radical (unpaired) electrons. The standard InChI is InChI=1S/C22H25N3O3/c1-2-21(27)28-25-20(26)14-7-4-9-15-22(17-23,18-11-5-3-6-12-18)19-13-8-10-16-24-19/h3,5-6,8,10-13,16H,2,4,7,9,14-15H2,1H3,(H,25,26). The highest BCUT2D eigenvalue weighted by atomic mass is 16.7. The smallest absolute Gasteiger partial charge is 0.331 e. The van der Waals surface area contributed by atoms with Crippen molar-refractivity contribution in [3.63, 3.8) is 0 Å². The second kappa shape index (κ2) is 10.8. The Morgan fingerprint density at radius 2 is 1.86 bits per heavy atom. The fourth-order valence-electron chi connectivity index (χ4n) is 3.03. The van der Waals surface area contributed by atoms with Crippen LogP contribution in [0.5, 0.6) is 0 Å². The Bertz CT molecular complexity index is 761. The number of rotatable bonds is 9. The van der Waals surface area contributed by atoms with Crippen LogP contribution < -0.4 is 5.48 Å². The van der Waals surface area contributed by atoms with Crippen molar-refractivity contribution in [1.29, 1.82) is 5.26 Å². The highest BCUT2D eigenvalue weighted by molar-refractivity contribution is 5.77. The average Bonchev–Trinajstić information content (AvgIpc) is 2.76. The summed E-state index contributed by atoms with van der Waals surface area (Å²) in [5, 5.41) is 10.1. The molecule has 0 aliphatic heterocycles. The summed E-state index contributed by atoms with van der Waals surface area (Å²) in [6.07, 6.45) is 4.98. The number of carbonyl (C=O) groups is 2. The van der Waals surface area contributed by atoms with Gasteiger partial charge < -0.3 is 4.84 Å². The first-order valence-corrected chi connectivity index (χ1v) is 9.49. The molecule has 0 saturated carbocycles. The summed E-state index contributed by atoms with van der Waals surface area (Å²) >= 11 is 0. The molecular weight excluding hydrogens is 354 g/mol. The number of benzene rings is 1. The zero-order chi connectivity index (χ0) is 20.2. The molecule has 1 N–H and O–H groups in total. The van der Waals surface area contributed by atoms with Crippen molar-refractivity contribution in [3.05, 3.63) is 66.0 Å². The van der Waals surface area contributed by atoms with E-state index in [0.29, 0.717) is 12.8 Å². The molecule has 1 aromatic carbocycles. The lowest BCUT2D eigenvalue weighted by Crippen LogP contribution is -2.27. The molecule has 0 fully saturated rings. The van der Waals surface area contributed by atoms with Gasteiger partial charge in [0.2, 0.25) is 0 Å². The Morgan fingerprint density at radius 1 is 1.11 bits per heavy atom. The third-order valence-electron chi connectivity index (χ3n) is 4.58. The predicted molar refractivity (Wildman–Crippen MR) is 105 cm³/mol. The number of aromatic nitrogens is 1. The van der Waals surface area contributed by atoms with Crippen molar-refractivity contribution in [2.24, 2.45) is 0 Å². The van der Waals surface area contributed by atoms with Gasteiger partial charge in [0.05, 0.1) is 11.8 Å². The van der Waals surface area contributed by atoms with Crippen LogP contribution in [0.15, 0.2) is 54.7 Å². The number of hydroxylamine groups is 1. The van der Waals surface area contributed by atoms with E-state index in [0.717, 1.165) is 24.1 Å². The Morgan fingerprint density at radius 3 is 2.50 bits per heavy atom. The molecule has 0 spiro atoms. The van der Waals surface area contributed by atoms with Gasteiger partial charge in [-0.1, -0.05) is 56.2 Å². The van der Waals surface area contributed by atoms with E-state index >= 15 is 0 Å². The molecule has 6 heteroatoms. The Balaban J connectivity index is 1.95. The zero-order valence-corrected chi connectivity index (χ0v) is 16.1. The van der Waals surface area contributed by atoms with E-state index in [-0.39, 0.29) is 18.7 Å². The van der Waals surface area contributed by atoms with Crippen LogP contribution in [0.4, 0.5) is 0 Å². The van der Waals surface area contributed by atoms with Crippen molar-refractivity contribution in [2.75, 3.05) is 0 Å². The van der Waals surface area contributed by atoms with Gasteiger partial charge in [-0.15, -0.1) is 0 Å². The molecule has 0 bridgehead atoms. The summed E-state index contributed by atoms with van der Waals surface area (Å²) in [6, 6.07) is 17.8. The van der Waals surface area contributed by atoms with Crippen molar-refractivity contribution >= 4 is 11.9 Å². The van der Waals surface area contributed by atoms with E-state index in [4.69, 9.17) is 0 Å². The van der Waals surface area contributed by atoms with E-state index in [2.05, 4.69) is 21.4 Å². The van der Waals surface area contributed by atoms with Crippen LogP contribution in [-0.4, -0.2) is 16.9 Å². The van der Waals surface area contributed by atoms with Crippen molar-refractivity contribution in [2.45, 2.75) is 50.9 Å². The van der Waals surface area contributed by atoms with Crippen LogP contribution in [-0.2, 0) is 19.8 Å². The number of nitriles is 1. The molecule has 1 atom stereocenters. The first kappa shape index (κ1) is 21.1. The number of hydrogen-bond donors (Lipinski definition) is 1. The van der Waals surface area contributed by atoms with E-state index in [1.807, 2.05) is 48.5 Å². The Hall–Kier alpha value is -3.20.